The predicted octanol–water partition coefficient (Wildman–Crippen LogP) is 5.29. The van der Waals surface area contributed by atoms with Crippen molar-refractivity contribution >= 4 is 33.4 Å². The summed E-state index contributed by atoms with van der Waals surface area (Å²) in [6.45, 7) is 0.878. The highest BCUT2D eigenvalue weighted by atomic mass is 79.9. The molecule has 1 aromatic carbocycles. The number of carbonyl (C=O) groups is 1. The van der Waals surface area contributed by atoms with Gasteiger partial charge in [0.05, 0.1) is 10.6 Å². The second kappa shape index (κ2) is 6.70. The van der Waals surface area contributed by atoms with Gasteiger partial charge in [0.1, 0.15) is 0 Å². The van der Waals surface area contributed by atoms with Crippen LogP contribution in [-0.4, -0.2) is 23.4 Å². The van der Waals surface area contributed by atoms with Crippen LogP contribution in [0.25, 0.3) is 0 Å². The molecule has 0 spiro atoms. The van der Waals surface area contributed by atoms with Crippen LogP contribution >= 0.6 is 27.5 Å². The van der Waals surface area contributed by atoms with Crippen molar-refractivity contribution in [2.45, 2.75) is 51.0 Å². The minimum absolute atomic E-state index is 0.106. The van der Waals surface area contributed by atoms with E-state index in [1.807, 2.05) is 18.2 Å². The number of amides is 1. The van der Waals surface area contributed by atoms with Gasteiger partial charge in [0.2, 0.25) is 0 Å². The summed E-state index contributed by atoms with van der Waals surface area (Å²) in [4.78, 5) is 15.0. The summed E-state index contributed by atoms with van der Waals surface area (Å²) in [6, 6.07) is 6.02. The van der Waals surface area contributed by atoms with E-state index in [2.05, 4.69) is 20.8 Å². The van der Waals surface area contributed by atoms with Gasteiger partial charge >= 0.3 is 0 Å². The number of halogens is 2. The van der Waals surface area contributed by atoms with Gasteiger partial charge in [0.15, 0.2) is 0 Å². The maximum Gasteiger partial charge on any atom is 0.255 e. The van der Waals surface area contributed by atoms with Crippen molar-refractivity contribution < 1.29 is 4.79 Å². The lowest BCUT2D eigenvalue weighted by atomic mass is 9.83. The second-order valence-corrected chi connectivity index (χ2v) is 7.44. The van der Waals surface area contributed by atoms with Crippen molar-refractivity contribution in [1.29, 1.82) is 0 Å². The highest BCUT2D eigenvalue weighted by molar-refractivity contribution is 9.10. The number of hydrogen-bond acceptors (Lipinski definition) is 1. The van der Waals surface area contributed by atoms with Crippen molar-refractivity contribution in [3.63, 3.8) is 0 Å². The molecule has 1 atom stereocenters. The first kappa shape index (κ1) is 15.4. The Kier molecular flexibility index (Phi) is 4.90. The van der Waals surface area contributed by atoms with Crippen molar-refractivity contribution in [3.05, 3.63) is 33.3 Å². The van der Waals surface area contributed by atoms with Crippen LogP contribution in [0.2, 0.25) is 5.02 Å². The molecule has 4 heteroatoms. The minimum atomic E-state index is 0.106. The summed E-state index contributed by atoms with van der Waals surface area (Å²) in [5.41, 5.74) is 0.633. The molecule has 1 amide bonds. The van der Waals surface area contributed by atoms with Crippen molar-refractivity contribution in [3.8, 4) is 0 Å². The van der Waals surface area contributed by atoms with E-state index in [0.29, 0.717) is 22.5 Å². The number of rotatable bonds is 2. The number of likely N-dealkylation sites (tertiary alicyclic amines) is 1. The fourth-order valence-corrected chi connectivity index (χ4v) is 4.45. The predicted molar refractivity (Wildman–Crippen MR) is 89.8 cm³/mol. The molecule has 1 aliphatic carbocycles. The molecule has 1 saturated carbocycles. The van der Waals surface area contributed by atoms with E-state index in [9.17, 15) is 4.79 Å². The monoisotopic (exact) mass is 369 g/mol. The topological polar surface area (TPSA) is 20.3 Å². The Bertz CT molecular complexity index is 528. The summed E-state index contributed by atoms with van der Waals surface area (Å²) < 4.78 is 0.795. The fourth-order valence-electron chi connectivity index (χ4n) is 3.88. The number of nitrogens with zero attached hydrogens (tertiary/aromatic N) is 1. The zero-order valence-corrected chi connectivity index (χ0v) is 14.5. The molecule has 21 heavy (non-hydrogen) atoms. The van der Waals surface area contributed by atoms with E-state index in [-0.39, 0.29) is 5.91 Å². The van der Waals surface area contributed by atoms with E-state index in [1.54, 1.807) is 0 Å². The lowest BCUT2D eigenvalue weighted by Gasteiger charge is -2.34. The second-order valence-electron chi connectivity index (χ2n) is 6.21. The molecule has 2 aliphatic rings. The summed E-state index contributed by atoms with van der Waals surface area (Å²) in [5, 5.41) is 0.539. The molecule has 0 bridgehead atoms. The summed E-state index contributed by atoms with van der Waals surface area (Å²) in [6.07, 6.45) is 8.83. The third-order valence-electron chi connectivity index (χ3n) is 4.94. The largest absolute Gasteiger partial charge is 0.335 e. The third-order valence-corrected chi connectivity index (χ3v) is 6.23. The first-order valence-corrected chi connectivity index (χ1v) is 9.10. The summed E-state index contributed by atoms with van der Waals surface area (Å²) in [5.74, 6) is 0.797. The first-order chi connectivity index (χ1) is 10.2. The Morgan fingerprint density at radius 2 is 1.90 bits per heavy atom. The highest BCUT2D eigenvalue weighted by Crippen LogP contribution is 2.36. The van der Waals surface area contributed by atoms with E-state index < -0.39 is 0 Å². The van der Waals surface area contributed by atoms with Crippen molar-refractivity contribution in [2.75, 3.05) is 6.54 Å². The van der Waals surface area contributed by atoms with Crippen LogP contribution in [0, 0.1) is 5.92 Å². The molecular formula is C17H21BrClNO. The van der Waals surface area contributed by atoms with Crippen LogP contribution in [-0.2, 0) is 0 Å². The third kappa shape index (κ3) is 3.14. The lowest BCUT2D eigenvalue weighted by molar-refractivity contribution is 0.0661. The van der Waals surface area contributed by atoms with E-state index in [0.717, 1.165) is 23.9 Å². The molecule has 0 N–H and O–H groups in total. The van der Waals surface area contributed by atoms with E-state index in [4.69, 9.17) is 11.6 Å². The van der Waals surface area contributed by atoms with E-state index in [1.165, 1.54) is 32.1 Å². The summed E-state index contributed by atoms with van der Waals surface area (Å²) >= 11 is 9.72. The first-order valence-electron chi connectivity index (χ1n) is 7.93. The van der Waals surface area contributed by atoms with Crippen molar-refractivity contribution in [1.82, 2.24) is 4.90 Å². The van der Waals surface area contributed by atoms with E-state index >= 15 is 0 Å². The van der Waals surface area contributed by atoms with Crippen molar-refractivity contribution in [2.24, 2.45) is 5.92 Å². The molecule has 1 saturated heterocycles. The Balaban J connectivity index is 1.81. The zero-order chi connectivity index (χ0) is 14.8. The Morgan fingerprint density at radius 1 is 1.14 bits per heavy atom. The quantitative estimate of drug-likeness (QED) is 0.693. The number of benzene rings is 1. The standard InChI is InChI=1S/C17H21BrClNO/c18-14-9-4-8-13(16(14)19)17(21)20-11-5-10-15(20)12-6-2-1-3-7-12/h4,8-9,12,15H,1-3,5-7,10-11H2. The Hall–Kier alpha value is -0.540. The van der Waals surface area contributed by atoms with Gasteiger partial charge in [-0.2, -0.15) is 0 Å². The maximum atomic E-state index is 12.9. The number of hydrogen-bond donors (Lipinski definition) is 0. The van der Waals surface area contributed by atoms with Crippen LogP contribution in [0.4, 0.5) is 0 Å². The SMILES string of the molecule is O=C(c1cccc(Br)c1Cl)N1CCCC1C1CCCCC1. The van der Waals surface area contributed by atoms with Gasteiger partial charge in [-0.25, -0.2) is 0 Å². The molecule has 2 nitrogen and oxygen atoms in total. The molecule has 1 heterocycles. The Labute approximate surface area is 140 Å². The van der Waals surface area contributed by atoms with Gasteiger partial charge in [0.25, 0.3) is 5.91 Å². The molecule has 0 radical (unpaired) electrons. The van der Waals surface area contributed by atoms with Gasteiger partial charge < -0.3 is 4.90 Å². The van der Waals surface area contributed by atoms with Gasteiger partial charge in [0, 0.05) is 17.1 Å². The fraction of sp³-hybridized carbons (Fsp3) is 0.588. The molecule has 1 unspecified atom stereocenters. The van der Waals surface area contributed by atoms with Crippen LogP contribution < -0.4 is 0 Å². The van der Waals surface area contributed by atoms with Gasteiger partial charge in [-0.1, -0.05) is 36.9 Å². The molecule has 0 aromatic heterocycles. The van der Waals surface area contributed by atoms with Gasteiger partial charge in [-0.3, -0.25) is 4.79 Å². The number of carbonyl (C=O) groups excluding carboxylic acids is 1. The lowest BCUT2D eigenvalue weighted by Crippen LogP contribution is -2.40. The molecular weight excluding hydrogens is 350 g/mol. The molecule has 2 fully saturated rings. The van der Waals surface area contributed by atoms with Crippen LogP contribution in [0.3, 0.4) is 0 Å². The zero-order valence-electron chi connectivity index (χ0n) is 12.2. The molecule has 1 aliphatic heterocycles. The average molecular weight is 371 g/mol. The average Bonchev–Trinajstić information content (AvgIpc) is 3.00. The Morgan fingerprint density at radius 3 is 2.67 bits per heavy atom. The van der Waals surface area contributed by atoms with Crippen LogP contribution in [0.5, 0.6) is 0 Å². The maximum absolute atomic E-state index is 12.9. The molecule has 3 rings (SSSR count). The van der Waals surface area contributed by atoms with Gasteiger partial charge in [-0.05, 0) is 59.7 Å². The minimum Gasteiger partial charge on any atom is -0.335 e. The molecule has 1 aromatic rings. The molecule has 114 valence electrons. The highest BCUT2D eigenvalue weighted by Gasteiger charge is 2.36. The summed E-state index contributed by atoms with van der Waals surface area (Å²) in [7, 11) is 0. The van der Waals surface area contributed by atoms with Crippen LogP contribution in [0.1, 0.15) is 55.3 Å². The normalized spacial score (nSPS) is 23.5. The smallest absolute Gasteiger partial charge is 0.255 e. The van der Waals surface area contributed by atoms with Crippen LogP contribution in [0.15, 0.2) is 22.7 Å². The van der Waals surface area contributed by atoms with Gasteiger partial charge in [-0.15, -0.1) is 0 Å².